The zero-order valence-electron chi connectivity index (χ0n) is 13.2. The number of hydrogen-bond acceptors (Lipinski definition) is 4. The van der Waals surface area contributed by atoms with Crippen LogP contribution in [0.25, 0.3) is 5.82 Å². The molecule has 1 N–H and O–H groups in total. The van der Waals surface area contributed by atoms with Crippen molar-refractivity contribution in [1.29, 1.82) is 0 Å². The van der Waals surface area contributed by atoms with Crippen molar-refractivity contribution in [3.8, 4) is 5.82 Å². The van der Waals surface area contributed by atoms with E-state index in [0.717, 1.165) is 6.20 Å². The van der Waals surface area contributed by atoms with E-state index in [4.69, 9.17) is 11.6 Å². The Labute approximate surface area is 146 Å². The molecule has 1 fully saturated rings. The Hall–Kier alpha value is -2.13. The standard InChI is InChI=1S/C15H15ClF3N5O/c1-9-8-23(6-5-20-9)14(25)10-7-22-24(12(10)15(17,18)19)13-11(16)3-2-4-21-13/h2-4,7,9,20H,5-6,8H2,1H3/t9-/m0/s1. The lowest BCUT2D eigenvalue weighted by Gasteiger charge is -2.32. The fourth-order valence-corrected chi connectivity index (χ4v) is 2.96. The fraction of sp³-hybridized carbons (Fsp3) is 0.400. The number of hydrogen-bond donors (Lipinski definition) is 1. The highest BCUT2D eigenvalue weighted by molar-refractivity contribution is 6.32. The van der Waals surface area contributed by atoms with Gasteiger partial charge >= 0.3 is 6.18 Å². The maximum Gasteiger partial charge on any atom is 0.434 e. The minimum Gasteiger partial charge on any atom is -0.336 e. The van der Waals surface area contributed by atoms with Gasteiger partial charge < -0.3 is 10.2 Å². The smallest absolute Gasteiger partial charge is 0.336 e. The van der Waals surface area contributed by atoms with Crippen LogP contribution < -0.4 is 5.32 Å². The molecular weight excluding hydrogens is 359 g/mol. The van der Waals surface area contributed by atoms with Crippen molar-refractivity contribution in [3.05, 3.63) is 40.8 Å². The summed E-state index contributed by atoms with van der Waals surface area (Å²) in [5.74, 6) is -0.886. The zero-order chi connectivity index (χ0) is 18.2. The van der Waals surface area contributed by atoms with Crippen LogP contribution in [-0.4, -0.2) is 51.2 Å². The number of nitrogens with one attached hydrogen (secondary N) is 1. The van der Waals surface area contributed by atoms with Crippen molar-refractivity contribution in [2.45, 2.75) is 19.1 Å². The molecule has 0 saturated carbocycles. The molecule has 0 aromatic carbocycles. The molecule has 0 radical (unpaired) electrons. The molecule has 1 atom stereocenters. The Kier molecular flexibility index (Phi) is 4.70. The van der Waals surface area contributed by atoms with Crippen molar-refractivity contribution in [2.75, 3.05) is 19.6 Å². The monoisotopic (exact) mass is 373 g/mol. The summed E-state index contributed by atoms with van der Waals surface area (Å²) in [6, 6.07) is 2.91. The van der Waals surface area contributed by atoms with Crippen LogP contribution >= 0.6 is 11.6 Å². The van der Waals surface area contributed by atoms with E-state index in [9.17, 15) is 18.0 Å². The predicted octanol–water partition coefficient (Wildman–Crippen LogP) is 2.37. The number of pyridine rings is 1. The van der Waals surface area contributed by atoms with Gasteiger partial charge in [-0.05, 0) is 19.1 Å². The van der Waals surface area contributed by atoms with Crippen molar-refractivity contribution in [3.63, 3.8) is 0 Å². The Morgan fingerprint density at radius 2 is 2.20 bits per heavy atom. The van der Waals surface area contributed by atoms with Crippen LogP contribution in [0, 0.1) is 0 Å². The first-order chi connectivity index (χ1) is 11.8. The molecule has 1 aliphatic heterocycles. The first-order valence-electron chi connectivity index (χ1n) is 7.58. The maximum absolute atomic E-state index is 13.6. The molecule has 2 aromatic heterocycles. The number of amides is 1. The SMILES string of the molecule is C[C@H]1CN(C(=O)c2cnn(-c3ncccc3Cl)c2C(F)(F)F)CCN1. The highest BCUT2D eigenvalue weighted by Crippen LogP contribution is 2.35. The van der Waals surface area contributed by atoms with Gasteiger partial charge in [0.25, 0.3) is 5.91 Å². The quantitative estimate of drug-likeness (QED) is 0.878. The summed E-state index contributed by atoms with van der Waals surface area (Å²) in [5.41, 5.74) is -1.69. The number of carbonyl (C=O) groups excluding carboxylic acids is 1. The largest absolute Gasteiger partial charge is 0.434 e. The molecule has 1 amide bonds. The minimum absolute atomic E-state index is 0.00546. The summed E-state index contributed by atoms with van der Waals surface area (Å²) in [7, 11) is 0. The van der Waals surface area contributed by atoms with Gasteiger partial charge in [-0.15, -0.1) is 0 Å². The summed E-state index contributed by atoms with van der Waals surface area (Å²) in [6.45, 7) is 3.04. The molecule has 6 nitrogen and oxygen atoms in total. The molecule has 1 aliphatic rings. The molecule has 3 rings (SSSR count). The molecule has 0 spiro atoms. The lowest BCUT2D eigenvalue weighted by Crippen LogP contribution is -2.51. The summed E-state index contributed by atoms with van der Waals surface area (Å²) in [5, 5.41) is 6.88. The summed E-state index contributed by atoms with van der Waals surface area (Å²) in [4.78, 5) is 17.9. The first-order valence-corrected chi connectivity index (χ1v) is 7.95. The molecule has 2 aromatic rings. The molecule has 134 valence electrons. The minimum atomic E-state index is -4.79. The normalized spacial score (nSPS) is 18.4. The Morgan fingerprint density at radius 1 is 1.44 bits per heavy atom. The van der Waals surface area contributed by atoms with E-state index in [-0.39, 0.29) is 16.9 Å². The molecule has 10 heteroatoms. The summed E-state index contributed by atoms with van der Waals surface area (Å²) < 4.78 is 41.5. The van der Waals surface area contributed by atoms with Gasteiger partial charge in [0.15, 0.2) is 11.5 Å². The molecule has 25 heavy (non-hydrogen) atoms. The second-order valence-corrected chi connectivity index (χ2v) is 6.14. The van der Waals surface area contributed by atoms with Crippen molar-refractivity contribution in [2.24, 2.45) is 0 Å². The van der Waals surface area contributed by atoms with Gasteiger partial charge in [0.1, 0.15) is 0 Å². The second kappa shape index (κ2) is 6.64. The average Bonchev–Trinajstić information content (AvgIpc) is 2.99. The Balaban J connectivity index is 2.06. The van der Waals surface area contributed by atoms with E-state index >= 15 is 0 Å². The van der Waals surface area contributed by atoms with E-state index in [2.05, 4.69) is 15.4 Å². The first kappa shape index (κ1) is 17.7. The van der Waals surface area contributed by atoms with Crippen molar-refractivity contribution >= 4 is 17.5 Å². The third-order valence-electron chi connectivity index (χ3n) is 3.86. The topological polar surface area (TPSA) is 63.1 Å². The van der Waals surface area contributed by atoms with Crippen LogP contribution in [0.2, 0.25) is 5.02 Å². The molecule has 0 bridgehead atoms. The number of nitrogens with zero attached hydrogens (tertiary/aromatic N) is 4. The van der Waals surface area contributed by atoms with Crippen LogP contribution in [0.3, 0.4) is 0 Å². The molecule has 1 saturated heterocycles. The van der Waals surface area contributed by atoms with Gasteiger partial charge in [0.05, 0.1) is 16.8 Å². The number of alkyl halides is 3. The van der Waals surface area contributed by atoms with Gasteiger partial charge in [-0.2, -0.15) is 18.3 Å². The second-order valence-electron chi connectivity index (χ2n) is 5.73. The maximum atomic E-state index is 13.6. The number of carbonyl (C=O) groups is 1. The van der Waals surface area contributed by atoms with Gasteiger partial charge in [-0.25, -0.2) is 9.67 Å². The zero-order valence-corrected chi connectivity index (χ0v) is 14.0. The molecule has 3 heterocycles. The number of halogens is 4. The number of rotatable bonds is 2. The van der Waals surface area contributed by atoms with Gasteiger partial charge in [0, 0.05) is 31.9 Å². The average molecular weight is 374 g/mol. The highest BCUT2D eigenvalue weighted by atomic mass is 35.5. The van der Waals surface area contributed by atoms with E-state index < -0.39 is 23.3 Å². The van der Waals surface area contributed by atoms with Crippen LogP contribution in [0.1, 0.15) is 23.0 Å². The number of aromatic nitrogens is 3. The molecular formula is C15H15ClF3N5O. The fourth-order valence-electron chi connectivity index (χ4n) is 2.76. The van der Waals surface area contributed by atoms with E-state index in [0.29, 0.717) is 24.3 Å². The Morgan fingerprint density at radius 3 is 2.84 bits per heavy atom. The van der Waals surface area contributed by atoms with E-state index in [1.54, 1.807) is 0 Å². The highest BCUT2D eigenvalue weighted by Gasteiger charge is 2.42. The predicted molar refractivity (Wildman–Crippen MR) is 84.7 cm³/mol. The number of piperazine rings is 1. The lowest BCUT2D eigenvalue weighted by molar-refractivity contribution is -0.143. The third-order valence-corrected chi connectivity index (χ3v) is 4.16. The van der Waals surface area contributed by atoms with Crippen LogP contribution in [-0.2, 0) is 6.18 Å². The van der Waals surface area contributed by atoms with Gasteiger partial charge in [-0.3, -0.25) is 4.79 Å². The van der Waals surface area contributed by atoms with Crippen molar-refractivity contribution in [1.82, 2.24) is 25.0 Å². The van der Waals surface area contributed by atoms with E-state index in [1.807, 2.05) is 6.92 Å². The van der Waals surface area contributed by atoms with Gasteiger partial charge in [0.2, 0.25) is 0 Å². The third kappa shape index (κ3) is 3.47. The molecule has 0 aliphatic carbocycles. The van der Waals surface area contributed by atoms with Gasteiger partial charge in [-0.1, -0.05) is 11.6 Å². The summed E-state index contributed by atoms with van der Waals surface area (Å²) in [6.07, 6.45) is -2.56. The summed E-state index contributed by atoms with van der Waals surface area (Å²) >= 11 is 5.94. The van der Waals surface area contributed by atoms with Crippen LogP contribution in [0.15, 0.2) is 24.5 Å². The van der Waals surface area contributed by atoms with Crippen LogP contribution in [0.4, 0.5) is 13.2 Å². The Bertz CT molecular complexity index is 792. The lowest BCUT2D eigenvalue weighted by atomic mass is 10.1. The van der Waals surface area contributed by atoms with E-state index in [1.165, 1.54) is 23.2 Å². The van der Waals surface area contributed by atoms with Crippen molar-refractivity contribution < 1.29 is 18.0 Å². The molecule has 0 unspecified atom stereocenters. The van der Waals surface area contributed by atoms with Crippen LogP contribution in [0.5, 0.6) is 0 Å².